The van der Waals surface area contributed by atoms with Gasteiger partial charge in [0.15, 0.2) is 0 Å². The minimum Gasteiger partial charge on any atom is -0.760 e. The number of ether oxygens (including phenoxy) is 1. The zero-order valence-electron chi connectivity index (χ0n) is 13.8. The molecule has 1 aliphatic rings. The fourth-order valence-corrected chi connectivity index (χ4v) is 3.96. The molecule has 2 aromatic carbocycles. The van der Waals surface area contributed by atoms with E-state index in [4.69, 9.17) is 4.74 Å². The van der Waals surface area contributed by atoms with Gasteiger partial charge in [-0.3, -0.25) is 4.21 Å². The maximum absolute atomic E-state index is 10.6. The first kappa shape index (κ1) is 17.4. The molecule has 0 heterocycles. The molecule has 1 saturated carbocycles. The maximum Gasteiger partial charge on any atom is 0.119 e. The van der Waals surface area contributed by atoms with E-state index in [-0.39, 0.29) is 0 Å². The summed E-state index contributed by atoms with van der Waals surface area (Å²) >= 11 is -2.16. The number of benzene rings is 2. The van der Waals surface area contributed by atoms with E-state index in [0.717, 1.165) is 12.2 Å². The Kier molecular flexibility index (Phi) is 6.24. The Balaban J connectivity index is 1.57. The normalized spacial score (nSPS) is 22.4. The van der Waals surface area contributed by atoms with Gasteiger partial charge < -0.3 is 9.29 Å². The summed E-state index contributed by atoms with van der Waals surface area (Å²) in [6.45, 7) is 1.23. The summed E-state index contributed by atoms with van der Waals surface area (Å²) in [4.78, 5) is 0. The summed E-state index contributed by atoms with van der Waals surface area (Å²) in [5.41, 5.74) is 0. The number of hydrogen-bond acceptors (Lipinski definition) is 3. The van der Waals surface area contributed by atoms with Gasteiger partial charge in [0.05, 0.1) is 6.61 Å². The predicted molar refractivity (Wildman–Crippen MR) is 96.4 cm³/mol. The van der Waals surface area contributed by atoms with Crippen molar-refractivity contribution >= 4 is 22.0 Å². The van der Waals surface area contributed by atoms with Gasteiger partial charge in [0, 0.05) is 17.8 Å². The van der Waals surface area contributed by atoms with Crippen LogP contribution in [0.5, 0.6) is 5.75 Å². The molecule has 3 rings (SSSR count). The minimum absolute atomic E-state index is 0.507. The lowest BCUT2D eigenvalue weighted by atomic mass is 9.78. The van der Waals surface area contributed by atoms with Gasteiger partial charge in [0.1, 0.15) is 5.75 Å². The van der Waals surface area contributed by atoms with E-state index in [1.165, 1.54) is 36.5 Å². The van der Waals surface area contributed by atoms with Gasteiger partial charge in [-0.05, 0) is 47.6 Å². The molecule has 0 amide bonds. The standard InChI is InChI=1S/C19H25NO3S/c21-24(22)20-12-11-16-6-2-4-8-18(16)14-23-19-10-9-15-5-1-3-7-17(15)13-19/h1,3,5,7,9-10,13,16,18,20H,2,4,6,8,11-12,14H2,(H,21,22)/p-1. The highest BCUT2D eigenvalue weighted by Crippen LogP contribution is 2.33. The van der Waals surface area contributed by atoms with Crippen LogP contribution in [-0.4, -0.2) is 21.9 Å². The van der Waals surface area contributed by atoms with Crippen molar-refractivity contribution in [3.05, 3.63) is 42.5 Å². The van der Waals surface area contributed by atoms with Crippen molar-refractivity contribution in [2.45, 2.75) is 32.1 Å². The van der Waals surface area contributed by atoms with Crippen molar-refractivity contribution in [3.63, 3.8) is 0 Å². The third kappa shape index (κ3) is 4.79. The van der Waals surface area contributed by atoms with Crippen LogP contribution in [-0.2, 0) is 11.3 Å². The van der Waals surface area contributed by atoms with Gasteiger partial charge in [-0.25, -0.2) is 4.72 Å². The summed E-state index contributed by atoms with van der Waals surface area (Å²) < 4.78 is 29.8. The number of hydrogen-bond donors (Lipinski definition) is 1. The Labute approximate surface area is 146 Å². The number of fused-ring (bicyclic) bond motifs is 1. The van der Waals surface area contributed by atoms with Crippen molar-refractivity contribution < 1.29 is 13.5 Å². The van der Waals surface area contributed by atoms with Gasteiger partial charge in [-0.15, -0.1) is 0 Å². The Morgan fingerprint density at radius 2 is 1.83 bits per heavy atom. The maximum atomic E-state index is 10.6. The predicted octanol–water partition coefficient (Wildman–Crippen LogP) is 3.80. The summed E-state index contributed by atoms with van der Waals surface area (Å²) in [5.74, 6) is 1.96. The van der Waals surface area contributed by atoms with E-state index < -0.39 is 11.3 Å². The average molecular weight is 346 g/mol. The van der Waals surface area contributed by atoms with E-state index in [2.05, 4.69) is 29.0 Å². The summed E-state index contributed by atoms with van der Waals surface area (Å²) in [7, 11) is 0. The molecule has 1 aliphatic carbocycles. The molecule has 130 valence electrons. The number of rotatable bonds is 7. The zero-order chi connectivity index (χ0) is 16.8. The quantitative estimate of drug-likeness (QED) is 0.776. The Morgan fingerprint density at radius 1 is 1.08 bits per heavy atom. The topological polar surface area (TPSA) is 61.4 Å². The van der Waals surface area contributed by atoms with E-state index in [9.17, 15) is 8.76 Å². The van der Waals surface area contributed by atoms with Crippen LogP contribution in [0.4, 0.5) is 0 Å². The van der Waals surface area contributed by atoms with Crippen molar-refractivity contribution in [2.75, 3.05) is 13.2 Å². The van der Waals surface area contributed by atoms with Crippen LogP contribution >= 0.6 is 0 Å². The zero-order valence-corrected chi connectivity index (χ0v) is 14.6. The third-order valence-corrected chi connectivity index (χ3v) is 5.43. The summed E-state index contributed by atoms with van der Waals surface area (Å²) in [5, 5.41) is 2.41. The second kappa shape index (κ2) is 8.60. The van der Waals surface area contributed by atoms with E-state index in [1.807, 2.05) is 18.2 Å². The largest absolute Gasteiger partial charge is 0.760 e. The van der Waals surface area contributed by atoms with Crippen LogP contribution in [0.3, 0.4) is 0 Å². The SMILES string of the molecule is O=S([O-])NCCC1CCCCC1COc1ccc2ccccc2c1. The van der Waals surface area contributed by atoms with Crippen LogP contribution in [0.15, 0.2) is 42.5 Å². The molecule has 2 aromatic rings. The third-order valence-electron chi connectivity index (χ3n) is 4.99. The molecule has 24 heavy (non-hydrogen) atoms. The summed E-state index contributed by atoms with van der Waals surface area (Å²) in [6.07, 6.45) is 5.69. The highest BCUT2D eigenvalue weighted by atomic mass is 32.2. The first-order valence-electron chi connectivity index (χ1n) is 8.67. The molecule has 0 aromatic heterocycles. The Morgan fingerprint density at radius 3 is 2.62 bits per heavy atom. The molecule has 0 spiro atoms. The lowest BCUT2D eigenvalue weighted by Crippen LogP contribution is -2.29. The minimum atomic E-state index is -2.16. The first-order chi connectivity index (χ1) is 11.7. The molecule has 3 unspecified atom stereocenters. The van der Waals surface area contributed by atoms with Crippen LogP contribution in [0.2, 0.25) is 0 Å². The number of nitrogens with one attached hydrogen (secondary N) is 1. The highest BCUT2D eigenvalue weighted by molar-refractivity contribution is 7.77. The van der Waals surface area contributed by atoms with E-state index in [0.29, 0.717) is 25.0 Å². The average Bonchev–Trinajstić information content (AvgIpc) is 2.60. The fourth-order valence-electron chi connectivity index (χ4n) is 3.67. The van der Waals surface area contributed by atoms with Crippen LogP contribution in [0.1, 0.15) is 32.1 Å². The molecule has 1 fully saturated rings. The molecule has 0 radical (unpaired) electrons. The molecular weight excluding hydrogens is 322 g/mol. The van der Waals surface area contributed by atoms with Crippen LogP contribution in [0, 0.1) is 11.8 Å². The molecule has 1 N–H and O–H groups in total. The molecule has 4 nitrogen and oxygen atoms in total. The van der Waals surface area contributed by atoms with E-state index in [1.54, 1.807) is 0 Å². The van der Waals surface area contributed by atoms with Gasteiger partial charge in [0.2, 0.25) is 0 Å². The monoisotopic (exact) mass is 346 g/mol. The second-order valence-corrected chi connectivity index (χ2v) is 7.30. The Hall–Kier alpha value is -1.43. The highest BCUT2D eigenvalue weighted by Gasteiger charge is 2.25. The second-order valence-electron chi connectivity index (χ2n) is 6.54. The van der Waals surface area contributed by atoms with Crippen molar-refractivity contribution in [1.82, 2.24) is 4.72 Å². The summed E-state index contributed by atoms with van der Waals surface area (Å²) in [6, 6.07) is 14.5. The van der Waals surface area contributed by atoms with Gasteiger partial charge >= 0.3 is 0 Å². The first-order valence-corrected chi connectivity index (χ1v) is 9.74. The molecular formula is C19H24NO3S-. The van der Waals surface area contributed by atoms with Crippen LogP contribution in [0.25, 0.3) is 10.8 Å². The Bertz CT molecular complexity index is 691. The fraction of sp³-hybridized carbons (Fsp3) is 0.474. The van der Waals surface area contributed by atoms with E-state index >= 15 is 0 Å². The molecule has 0 aliphatic heterocycles. The molecule has 3 atom stereocenters. The lowest BCUT2D eigenvalue weighted by Gasteiger charge is -2.31. The van der Waals surface area contributed by atoms with Gasteiger partial charge in [-0.2, -0.15) is 0 Å². The van der Waals surface area contributed by atoms with Gasteiger partial charge in [0.25, 0.3) is 0 Å². The molecule has 0 saturated heterocycles. The van der Waals surface area contributed by atoms with Gasteiger partial charge in [-0.1, -0.05) is 49.6 Å². The smallest absolute Gasteiger partial charge is 0.119 e. The molecule has 0 bridgehead atoms. The molecule has 5 heteroatoms. The van der Waals surface area contributed by atoms with Crippen LogP contribution < -0.4 is 9.46 Å². The van der Waals surface area contributed by atoms with Crippen molar-refractivity contribution in [1.29, 1.82) is 0 Å². The van der Waals surface area contributed by atoms with Crippen molar-refractivity contribution in [3.8, 4) is 5.75 Å². The van der Waals surface area contributed by atoms with Crippen molar-refractivity contribution in [2.24, 2.45) is 11.8 Å². The lowest BCUT2D eigenvalue weighted by molar-refractivity contribution is 0.143.